The summed E-state index contributed by atoms with van der Waals surface area (Å²) < 4.78 is 59.3. The Labute approximate surface area is 188 Å². The van der Waals surface area contributed by atoms with Gasteiger partial charge < -0.3 is 14.2 Å². The number of hydrogen-bond donors (Lipinski definition) is 0. The van der Waals surface area contributed by atoms with Gasteiger partial charge in [0, 0.05) is 37.7 Å². The van der Waals surface area contributed by atoms with Gasteiger partial charge in [-0.3, -0.25) is 4.79 Å². The monoisotopic (exact) mass is 461 g/mol. The largest absolute Gasteiger partial charge is 0.416 e. The van der Waals surface area contributed by atoms with Crippen LogP contribution in [0.2, 0.25) is 0 Å². The Morgan fingerprint density at radius 1 is 1.12 bits per heavy atom. The molecule has 3 aromatic rings. The first kappa shape index (κ1) is 23.0. The van der Waals surface area contributed by atoms with Crippen LogP contribution in [0, 0.1) is 5.82 Å². The molecule has 1 amide bonds. The quantitative estimate of drug-likeness (QED) is 0.470. The van der Waals surface area contributed by atoms with Crippen molar-refractivity contribution in [2.45, 2.75) is 38.2 Å². The van der Waals surface area contributed by atoms with Crippen LogP contribution in [-0.2, 0) is 24.0 Å². The number of carbonyl (C=O) groups is 1. The van der Waals surface area contributed by atoms with Crippen molar-refractivity contribution in [2.75, 3.05) is 13.2 Å². The van der Waals surface area contributed by atoms with Crippen LogP contribution in [0.4, 0.5) is 17.6 Å². The van der Waals surface area contributed by atoms with Crippen molar-refractivity contribution in [1.82, 2.24) is 14.5 Å². The molecule has 1 unspecified atom stereocenters. The number of nitrogens with zero attached hydrogens (tertiary/aromatic N) is 3. The molecule has 1 aliphatic rings. The van der Waals surface area contributed by atoms with Gasteiger partial charge in [-0.2, -0.15) is 13.2 Å². The predicted octanol–water partition coefficient (Wildman–Crippen LogP) is 4.91. The molecule has 0 bridgehead atoms. The minimum atomic E-state index is -4.39. The van der Waals surface area contributed by atoms with Gasteiger partial charge in [-0.1, -0.05) is 12.1 Å². The van der Waals surface area contributed by atoms with Crippen LogP contribution in [0.5, 0.6) is 0 Å². The molecule has 0 saturated carbocycles. The van der Waals surface area contributed by atoms with E-state index in [1.165, 1.54) is 36.4 Å². The fraction of sp³-hybridized carbons (Fsp3) is 0.333. The molecule has 4 rings (SSSR count). The lowest BCUT2D eigenvalue weighted by atomic mass is 10.1. The average molecular weight is 461 g/mol. The molecule has 0 aliphatic carbocycles. The van der Waals surface area contributed by atoms with Gasteiger partial charge in [0.1, 0.15) is 11.6 Å². The molecule has 5 nitrogen and oxygen atoms in total. The average Bonchev–Trinajstić information content (AvgIpc) is 3.45. The van der Waals surface area contributed by atoms with E-state index < -0.39 is 17.6 Å². The van der Waals surface area contributed by atoms with Crippen LogP contribution in [0.25, 0.3) is 0 Å². The van der Waals surface area contributed by atoms with Gasteiger partial charge in [-0.05, 0) is 54.8 Å². The third-order valence-corrected chi connectivity index (χ3v) is 5.59. The smallest absolute Gasteiger partial charge is 0.376 e. The molecule has 1 fully saturated rings. The maximum absolute atomic E-state index is 13.3. The number of carbonyl (C=O) groups excluding carboxylic acids is 1. The summed E-state index contributed by atoms with van der Waals surface area (Å²) >= 11 is 0. The highest BCUT2D eigenvalue weighted by atomic mass is 19.4. The highest BCUT2D eigenvalue weighted by molar-refractivity contribution is 5.94. The van der Waals surface area contributed by atoms with Crippen molar-refractivity contribution in [2.24, 2.45) is 0 Å². The topological polar surface area (TPSA) is 47.4 Å². The first-order chi connectivity index (χ1) is 15.8. The van der Waals surface area contributed by atoms with E-state index in [-0.39, 0.29) is 18.6 Å². The molecule has 0 spiro atoms. The number of benzene rings is 2. The number of rotatable bonds is 7. The lowest BCUT2D eigenvalue weighted by Gasteiger charge is -2.26. The maximum atomic E-state index is 13.3. The Balaban J connectivity index is 1.52. The molecule has 0 radical (unpaired) electrons. The van der Waals surface area contributed by atoms with E-state index in [1.807, 2.05) is 0 Å². The van der Waals surface area contributed by atoms with E-state index in [9.17, 15) is 22.4 Å². The number of hydrogen-bond acceptors (Lipinski definition) is 3. The molecule has 9 heteroatoms. The summed E-state index contributed by atoms with van der Waals surface area (Å²) in [4.78, 5) is 19.2. The van der Waals surface area contributed by atoms with E-state index in [1.54, 1.807) is 21.9 Å². The van der Waals surface area contributed by atoms with Crippen LogP contribution >= 0.6 is 0 Å². The van der Waals surface area contributed by atoms with Crippen molar-refractivity contribution in [3.8, 4) is 0 Å². The maximum Gasteiger partial charge on any atom is 0.416 e. The molecular weight excluding hydrogens is 438 g/mol. The van der Waals surface area contributed by atoms with Crippen LogP contribution in [0.15, 0.2) is 60.9 Å². The fourth-order valence-electron chi connectivity index (χ4n) is 3.83. The van der Waals surface area contributed by atoms with Crippen molar-refractivity contribution in [1.29, 1.82) is 0 Å². The van der Waals surface area contributed by atoms with Crippen molar-refractivity contribution < 1.29 is 27.1 Å². The van der Waals surface area contributed by atoms with Gasteiger partial charge in [0.15, 0.2) is 0 Å². The molecular formula is C24H23F4N3O2. The van der Waals surface area contributed by atoms with Gasteiger partial charge in [0.2, 0.25) is 0 Å². The minimum absolute atomic E-state index is 0.0901. The second kappa shape index (κ2) is 9.74. The molecule has 174 valence electrons. The SMILES string of the molecule is O=C(c1ccc(F)cc1)N(Cc1nccn1Cc1ccc(C(F)(F)F)cc1)CC1CCCO1. The highest BCUT2D eigenvalue weighted by Crippen LogP contribution is 2.29. The Bertz CT molecular complexity index is 1070. The lowest BCUT2D eigenvalue weighted by Crippen LogP contribution is -2.37. The van der Waals surface area contributed by atoms with Crippen molar-refractivity contribution in [3.63, 3.8) is 0 Å². The third kappa shape index (κ3) is 5.78. The highest BCUT2D eigenvalue weighted by Gasteiger charge is 2.30. The summed E-state index contributed by atoms with van der Waals surface area (Å²) in [5.41, 5.74) is 0.331. The summed E-state index contributed by atoms with van der Waals surface area (Å²) in [6.07, 6.45) is 0.597. The molecule has 1 aliphatic heterocycles. The Morgan fingerprint density at radius 3 is 2.48 bits per heavy atom. The Hall–Kier alpha value is -3.20. The van der Waals surface area contributed by atoms with Gasteiger partial charge in [0.25, 0.3) is 5.91 Å². The molecule has 33 heavy (non-hydrogen) atoms. The normalized spacial score (nSPS) is 16.2. The molecule has 1 aromatic heterocycles. The zero-order valence-electron chi connectivity index (χ0n) is 17.8. The second-order valence-corrected chi connectivity index (χ2v) is 7.99. The Kier molecular flexibility index (Phi) is 6.78. The lowest BCUT2D eigenvalue weighted by molar-refractivity contribution is -0.137. The van der Waals surface area contributed by atoms with E-state index in [0.717, 1.165) is 25.0 Å². The molecule has 2 aromatic carbocycles. The summed E-state index contributed by atoms with van der Waals surface area (Å²) in [6, 6.07) is 10.3. The Morgan fingerprint density at radius 2 is 1.85 bits per heavy atom. The summed E-state index contributed by atoms with van der Waals surface area (Å²) in [7, 11) is 0. The van der Waals surface area contributed by atoms with Gasteiger partial charge in [0.05, 0.1) is 18.2 Å². The first-order valence-electron chi connectivity index (χ1n) is 10.6. The fourth-order valence-corrected chi connectivity index (χ4v) is 3.83. The number of alkyl halides is 3. The number of ether oxygens (including phenoxy) is 1. The number of imidazole rings is 1. The summed E-state index contributed by atoms with van der Waals surface area (Å²) in [5.74, 6) is -0.109. The summed E-state index contributed by atoms with van der Waals surface area (Å²) in [5, 5.41) is 0. The van der Waals surface area contributed by atoms with E-state index >= 15 is 0 Å². The van der Waals surface area contributed by atoms with Crippen LogP contribution in [0.1, 0.15) is 40.2 Å². The molecule has 1 atom stereocenters. The number of halogens is 4. The van der Waals surface area contributed by atoms with Gasteiger partial charge in [-0.25, -0.2) is 9.37 Å². The number of amides is 1. The van der Waals surface area contributed by atoms with Crippen molar-refractivity contribution in [3.05, 3.63) is 89.3 Å². The van der Waals surface area contributed by atoms with Crippen LogP contribution in [-0.4, -0.2) is 39.6 Å². The zero-order valence-corrected chi connectivity index (χ0v) is 17.8. The van der Waals surface area contributed by atoms with Crippen LogP contribution in [0.3, 0.4) is 0 Å². The van der Waals surface area contributed by atoms with Gasteiger partial charge >= 0.3 is 6.18 Å². The van der Waals surface area contributed by atoms with E-state index in [2.05, 4.69) is 4.98 Å². The second-order valence-electron chi connectivity index (χ2n) is 7.99. The molecule has 2 heterocycles. The number of aromatic nitrogens is 2. The zero-order chi connectivity index (χ0) is 23.4. The standard InChI is InChI=1S/C24H23F4N3O2/c25-20-9-5-18(6-10-20)23(32)31(15-21-2-1-13-33-21)16-22-29-11-12-30(22)14-17-3-7-19(8-4-17)24(26,27)28/h3-12,21H,1-2,13-16H2. The summed E-state index contributed by atoms with van der Waals surface area (Å²) in [6.45, 7) is 1.50. The molecule has 0 N–H and O–H groups in total. The third-order valence-electron chi connectivity index (χ3n) is 5.59. The van der Waals surface area contributed by atoms with E-state index in [0.29, 0.717) is 36.6 Å². The predicted molar refractivity (Wildman–Crippen MR) is 113 cm³/mol. The minimum Gasteiger partial charge on any atom is -0.376 e. The van der Waals surface area contributed by atoms with Crippen molar-refractivity contribution >= 4 is 5.91 Å². The van der Waals surface area contributed by atoms with Gasteiger partial charge in [-0.15, -0.1) is 0 Å². The first-order valence-corrected chi connectivity index (χ1v) is 10.6. The molecule has 1 saturated heterocycles. The van der Waals surface area contributed by atoms with Crippen LogP contribution < -0.4 is 0 Å². The van der Waals surface area contributed by atoms with E-state index in [4.69, 9.17) is 4.74 Å².